The van der Waals surface area contributed by atoms with E-state index in [1.54, 1.807) is 0 Å². The molecule has 522 valence electrons. The van der Waals surface area contributed by atoms with Gasteiger partial charge < -0.3 is 20.3 Å². The molecule has 0 aliphatic rings. The summed E-state index contributed by atoms with van der Waals surface area (Å²) < 4.78 is 5.51. The van der Waals surface area contributed by atoms with E-state index in [9.17, 15) is 19.8 Å². The molecule has 0 aromatic rings. The minimum atomic E-state index is -0.662. The van der Waals surface area contributed by atoms with Crippen molar-refractivity contribution in [3.63, 3.8) is 0 Å². The molecule has 0 radical (unpaired) electrons. The smallest absolute Gasteiger partial charge is 0.305 e. The molecule has 0 rings (SSSR count). The number of carbonyl (C=O) groups excluding carboxylic acids is 2. The summed E-state index contributed by atoms with van der Waals surface area (Å²) in [6.45, 7) is 5.01. The zero-order valence-corrected chi connectivity index (χ0v) is 60.0. The number of aliphatic hydroxyl groups is 2. The van der Waals surface area contributed by atoms with Gasteiger partial charge in [0.25, 0.3) is 0 Å². The maximum atomic E-state index is 12.5. The minimum absolute atomic E-state index is 0.0242. The normalized spacial score (nSPS) is 12.5. The molecule has 88 heavy (non-hydrogen) atoms. The van der Waals surface area contributed by atoms with Crippen molar-refractivity contribution in [2.75, 3.05) is 13.2 Å². The lowest BCUT2D eigenvalue weighted by Crippen LogP contribution is -2.45. The van der Waals surface area contributed by atoms with Crippen LogP contribution < -0.4 is 5.32 Å². The Morgan fingerprint density at radius 2 is 0.568 bits per heavy atom. The molecule has 0 saturated heterocycles. The van der Waals surface area contributed by atoms with E-state index in [2.05, 4.69) is 43.5 Å². The highest BCUT2D eigenvalue weighted by molar-refractivity contribution is 5.76. The zero-order chi connectivity index (χ0) is 63.5. The summed E-state index contributed by atoms with van der Waals surface area (Å²) in [6, 6.07) is -0.539. The molecule has 6 nitrogen and oxygen atoms in total. The van der Waals surface area contributed by atoms with Crippen molar-refractivity contribution in [2.24, 2.45) is 0 Å². The number of allylic oxidation sites excluding steroid dienone is 4. The Morgan fingerprint density at radius 3 is 0.864 bits per heavy atom. The number of rotatable bonds is 77. The highest BCUT2D eigenvalue weighted by Gasteiger charge is 2.20. The molecule has 0 heterocycles. The first-order valence-corrected chi connectivity index (χ1v) is 40.6. The van der Waals surface area contributed by atoms with Crippen LogP contribution in [0.2, 0.25) is 0 Å². The Labute approximate surface area is 551 Å². The van der Waals surface area contributed by atoms with Gasteiger partial charge in [-0.2, -0.15) is 0 Å². The molecule has 2 unspecified atom stereocenters. The number of esters is 1. The summed E-state index contributed by atoms with van der Waals surface area (Å²) in [5.74, 6) is -0.00332. The van der Waals surface area contributed by atoms with E-state index in [1.807, 2.05) is 0 Å². The second-order valence-electron chi connectivity index (χ2n) is 28.1. The Morgan fingerprint density at radius 1 is 0.318 bits per heavy atom. The van der Waals surface area contributed by atoms with Crippen molar-refractivity contribution in [1.82, 2.24) is 5.32 Å². The molecule has 0 bridgehead atoms. The SMILES string of the molecule is CCCCCCCCCCCCCCCCCCCC(O)C(CO)NC(=O)CCCCCCCCCCCCCCCCCCC/C=C\C/C=C\CCCCCCCCCCCCCCCCCOC(=O)CCCCCCCCCCCCCCCCC. The van der Waals surface area contributed by atoms with Crippen LogP contribution in [0.1, 0.15) is 463 Å². The zero-order valence-electron chi connectivity index (χ0n) is 60.0. The van der Waals surface area contributed by atoms with E-state index in [4.69, 9.17) is 4.74 Å². The highest BCUT2D eigenvalue weighted by Crippen LogP contribution is 2.20. The van der Waals surface area contributed by atoms with Gasteiger partial charge in [-0.25, -0.2) is 0 Å². The van der Waals surface area contributed by atoms with Crippen LogP contribution in [0.5, 0.6) is 0 Å². The monoisotopic (exact) mass is 1240 g/mol. The first kappa shape index (κ1) is 86.3. The Kier molecular flexibility index (Phi) is 76.3. The summed E-state index contributed by atoms with van der Waals surface area (Å²) in [7, 11) is 0. The number of aliphatic hydroxyl groups excluding tert-OH is 2. The van der Waals surface area contributed by atoms with Gasteiger partial charge in [-0.3, -0.25) is 9.59 Å². The van der Waals surface area contributed by atoms with Gasteiger partial charge in [0.15, 0.2) is 0 Å². The van der Waals surface area contributed by atoms with Crippen molar-refractivity contribution in [1.29, 1.82) is 0 Å². The number of amides is 1. The Balaban J connectivity index is 3.34. The minimum Gasteiger partial charge on any atom is -0.466 e. The average Bonchev–Trinajstić information content (AvgIpc) is 3.58. The molecule has 0 aromatic heterocycles. The third kappa shape index (κ3) is 73.4. The van der Waals surface area contributed by atoms with Crippen LogP contribution in [0.4, 0.5) is 0 Å². The summed E-state index contributed by atoms with van der Waals surface area (Å²) in [6.07, 6.45) is 100.0. The summed E-state index contributed by atoms with van der Waals surface area (Å²) in [5.41, 5.74) is 0. The molecule has 0 aliphatic heterocycles. The Hall–Kier alpha value is -1.66. The largest absolute Gasteiger partial charge is 0.466 e. The summed E-state index contributed by atoms with van der Waals surface area (Å²) >= 11 is 0. The topological polar surface area (TPSA) is 95.9 Å². The van der Waals surface area contributed by atoms with Gasteiger partial charge in [0.1, 0.15) is 0 Å². The first-order chi connectivity index (χ1) is 43.5. The van der Waals surface area contributed by atoms with Crippen LogP contribution in [0.3, 0.4) is 0 Å². The standard InChI is InChI=1S/C82H159NO5/c1-3-5-7-9-11-13-15-17-19-43-47-50-54-58-62-66-70-74-80(85)79(78-84)83-81(86)75-71-67-63-59-55-51-48-44-41-39-37-35-33-31-29-27-25-23-21-20-22-24-26-28-30-32-34-36-38-40-42-45-49-53-57-61-65-69-73-77-88-82(87)76-72-68-64-60-56-52-46-18-16-14-12-10-8-6-4-2/h20-21,24,26,79-80,84-85H,3-19,22-23,25,27-78H2,1-2H3,(H,83,86)/b21-20-,26-24-. The lowest BCUT2D eigenvalue weighted by Gasteiger charge is -2.22. The fourth-order valence-corrected chi connectivity index (χ4v) is 13.1. The number of carbonyl (C=O) groups is 2. The molecular formula is C82H159NO5. The molecule has 1 amide bonds. The summed E-state index contributed by atoms with van der Waals surface area (Å²) in [5, 5.41) is 23.4. The maximum absolute atomic E-state index is 12.5. The predicted molar refractivity (Wildman–Crippen MR) is 389 cm³/mol. The number of hydrogen-bond donors (Lipinski definition) is 3. The number of hydrogen-bond acceptors (Lipinski definition) is 5. The predicted octanol–water partition coefficient (Wildman–Crippen LogP) is 26.8. The van der Waals surface area contributed by atoms with Crippen molar-refractivity contribution in [2.45, 2.75) is 475 Å². The number of ether oxygens (including phenoxy) is 1. The van der Waals surface area contributed by atoms with Crippen LogP contribution >= 0.6 is 0 Å². The van der Waals surface area contributed by atoms with Gasteiger partial charge in [0.05, 0.1) is 25.4 Å². The average molecular weight is 1240 g/mol. The van der Waals surface area contributed by atoms with Gasteiger partial charge in [0, 0.05) is 12.8 Å². The van der Waals surface area contributed by atoms with Gasteiger partial charge in [0.2, 0.25) is 5.91 Å². The summed E-state index contributed by atoms with van der Waals surface area (Å²) in [4.78, 5) is 24.6. The van der Waals surface area contributed by atoms with Crippen LogP contribution in [0, 0.1) is 0 Å². The van der Waals surface area contributed by atoms with E-state index in [0.717, 1.165) is 44.9 Å². The van der Waals surface area contributed by atoms with Crippen molar-refractivity contribution in [3.8, 4) is 0 Å². The molecule has 6 heteroatoms. The van der Waals surface area contributed by atoms with Gasteiger partial charge in [-0.15, -0.1) is 0 Å². The van der Waals surface area contributed by atoms with E-state index in [-0.39, 0.29) is 18.5 Å². The fraction of sp³-hybridized carbons (Fsp3) is 0.927. The van der Waals surface area contributed by atoms with Crippen LogP contribution in [0.25, 0.3) is 0 Å². The van der Waals surface area contributed by atoms with Crippen LogP contribution in [-0.4, -0.2) is 47.4 Å². The molecule has 0 aliphatic carbocycles. The van der Waals surface area contributed by atoms with Crippen LogP contribution in [0.15, 0.2) is 24.3 Å². The lowest BCUT2D eigenvalue weighted by molar-refractivity contribution is -0.143. The molecule has 2 atom stereocenters. The maximum Gasteiger partial charge on any atom is 0.305 e. The first-order valence-electron chi connectivity index (χ1n) is 40.6. The van der Waals surface area contributed by atoms with Crippen molar-refractivity contribution in [3.05, 3.63) is 24.3 Å². The highest BCUT2D eigenvalue weighted by atomic mass is 16.5. The van der Waals surface area contributed by atoms with E-state index < -0.39 is 12.1 Å². The van der Waals surface area contributed by atoms with Crippen molar-refractivity contribution >= 4 is 11.9 Å². The van der Waals surface area contributed by atoms with Gasteiger partial charge >= 0.3 is 5.97 Å². The second-order valence-corrected chi connectivity index (χ2v) is 28.1. The lowest BCUT2D eigenvalue weighted by atomic mass is 10.0. The Bertz CT molecular complexity index is 1380. The quantitative estimate of drug-likeness (QED) is 0.0320. The third-order valence-electron chi connectivity index (χ3n) is 19.3. The van der Waals surface area contributed by atoms with E-state index in [1.165, 1.54) is 385 Å². The van der Waals surface area contributed by atoms with E-state index >= 15 is 0 Å². The van der Waals surface area contributed by atoms with Crippen LogP contribution in [-0.2, 0) is 14.3 Å². The molecular weight excluding hydrogens is 1080 g/mol. The van der Waals surface area contributed by atoms with E-state index in [0.29, 0.717) is 25.9 Å². The fourth-order valence-electron chi connectivity index (χ4n) is 13.1. The van der Waals surface area contributed by atoms with Crippen molar-refractivity contribution < 1.29 is 24.5 Å². The second kappa shape index (κ2) is 77.8. The third-order valence-corrected chi connectivity index (χ3v) is 19.3. The molecule has 0 fully saturated rings. The number of nitrogens with one attached hydrogen (secondary N) is 1. The molecule has 3 N–H and O–H groups in total. The number of unbranched alkanes of at least 4 members (excludes halogenated alkanes) is 62. The van der Waals surface area contributed by atoms with Gasteiger partial charge in [-0.1, -0.05) is 417 Å². The molecule has 0 aromatic carbocycles. The van der Waals surface area contributed by atoms with Gasteiger partial charge in [-0.05, 0) is 57.8 Å². The molecule has 0 saturated carbocycles. The molecule has 0 spiro atoms.